The summed E-state index contributed by atoms with van der Waals surface area (Å²) in [5.74, 6) is 1.59. The summed E-state index contributed by atoms with van der Waals surface area (Å²) in [5, 5.41) is 2.89. The predicted molar refractivity (Wildman–Crippen MR) is 86.8 cm³/mol. The fourth-order valence-electron chi connectivity index (χ4n) is 1.99. The summed E-state index contributed by atoms with van der Waals surface area (Å²) < 4.78 is 5.88. The Morgan fingerprint density at radius 3 is 2.81 bits per heavy atom. The zero-order valence-corrected chi connectivity index (χ0v) is 13.5. The molecule has 0 spiro atoms. The molecule has 1 aromatic rings. The fourth-order valence-corrected chi connectivity index (χ4v) is 1.99. The van der Waals surface area contributed by atoms with Gasteiger partial charge in [0.15, 0.2) is 0 Å². The first-order chi connectivity index (χ1) is 9.54. The van der Waals surface area contributed by atoms with Gasteiger partial charge in [-0.15, -0.1) is 12.4 Å². The number of amides is 1. The highest BCUT2D eigenvalue weighted by molar-refractivity contribution is 5.85. The molecule has 0 bridgehead atoms. The Kier molecular flexibility index (Phi) is 6.99. The minimum atomic E-state index is -0.112. The maximum atomic E-state index is 11.6. The number of rotatable bonds is 7. The van der Waals surface area contributed by atoms with Crippen molar-refractivity contribution < 1.29 is 9.53 Å². The second kappa shape index (κ2) is 8.25. The Labute approximate surface area is 132 Å². The van der Waals surface area contributed by atoms with Gasteiger partial charge in [-0.2, -0.15) is 0 Å². The Morgan fingerprint density at radius 2 is 2.19 bits per heavy atom. The van der Waals surface area contributed by atoms with E-state index in [9.17, 15) is 4.79 Å². The van der Waals surface area contributed by atoms with Crippen molar-refractivity contribution in [1.82, 2.24) is 5.32 Å². The Bertz CT molecular complexity index is 473. The summed E-state index contributed by atoms with van der Waals surface area (Å²) in [7, 11) is 0. The largest absolute Gasteiger partial charge is 0.493 e. The van der Waals surface area contributed by atoms with Crippen molar-refractivity contribution in [2.24, 2.45) is 11.7 Å². The molecule has 1 atom stereocenters. The molecule has 1 fully saturated rings. The van der Waals surface area contributed by atoms with Crippen molar-refractivity contribution in [1.29, 1.82) is 0 Å². The number of nitrogens with one attached hydrogen (secondary N) is 1. The van der Waals surface area contributed by atoms with E-state index < -0.39 is 0 Å². The van der Waals surface area contributed by atoms with Gasteiger partial charge in [0.2, 0.25) is 5.91 Å². The standard InChI is InChI=1S/C16H24N2O2.ClH/c1-11-3-6-14(9-18-16(19)8-12(2)17)15(7-11)20-10-13-4-5-13;/h3,6-7,12-13H,4-5,8-10,17H2,1-2H3,(H,18,19);1H. The summed E-state index contributed by atoms with van der Waals surface area (Å²) in [6, 6.07) is 5.98. The molecular formula is C16H25ClN2O2. The number of aryl methyl sites for hydroxylation is 1. The Balaban J connectivity index is 0.00000220. The lowest BCUT2D eigenvalue weighted by molar-refractivity contribution is -0.121. The van der Waals surface area contributed by atoms with Gasteiger partial charge >= 0.3 is 0 Å². The normalized spacial score (nSPS) is 15.0. The Hall–Kier alpha value is -1.26. The maximum Gasteiger partial charge on any atom is 0.221 e. The molecule has 0 saturated heterocycles. The van der Waals surface area contributed by atoms with Gasteiger partial charge in [0.1, 0.15) is 5.75 Å². The van der Waals surface area contributed by atoms with Gasteiger partial charge in [-0.3, -0.25) is 4.79 Å². The van der Waals surface area contributed by atoms with Crippen molar-refractivity contribution in [3.05, 3.63) is 29.3 Å². The molecule has 1 aliphatic rings. The number of benzene rings is 1. The van der Waals surface area contributed by atoms with E-state index in [0.29, 0.717) is 13.0 Å². The van der Waals surface area contributed by atoms with Crippen LogP contribution in [0.25, 0.3) is 0 Å². The van der Waals surface area contributed by atoms with E-state index in [1.165, 1.54) is 18.4 Å². The molecule has 1 amide bonds. The lowest BCUT2D eigenvalue weighted by atomic mass is 10.1. The number of carbonyl (C=O) groups is 1. The summed E-state index contributed by atoms with van der Waals surface area (Å²) >= 11 is 0. The molecule has 0 radical (unpaired) electrons. The van der Waals surface area contributed by atoms with Crippen LogP contribution in [-0.4, -0.2) is 18.6 Å². The van der Waals surface area contributed by atoms with Crippen molar-refractivity contribution in [2.45, 2.75) is 45.7 Å². The molecule has 4 nitrogen and oxygen atoms in total. The van der Waals surface area contributed by atoms with Crippen LogP contribution in [0.15, 0.2) is 18.2 Å². The van der Waals surface area contributed by atoms with Gasteiger partial charge in [-0.1, -0.05) is 12.1 Å². The summed E-state index contributed by atoms with van der Waals surface area (Å²) in [5.41, 5.74) is 7.80. The van der Waals surface area contributed by atoms with Crippen molar-refractivity contribution >= 4 is 18.3 Å². The smallest absolute Gasteiger partial charge is 0.221 e. The molecule has 5 heteroatoms. The number of hydrogen-bond acceptors (Lipinski definition) is 3. The van der Waals surface area contributed by atoms with E-state index in [0.717, 1.165) is 23.8 Å². The first kappa shape index (κ1) is 17.8. The fraction of sp³-hybridized carbons (Fsp3) is 0.562. The molecule has 1 saturated carbocycles. The highest BCUT2D eigenvalue weighted by Crippen LogP contribution is 2.30. The minimum absolute atomic E-state index is 0. The second-order valence-electron chi connectivity index (χ2n) is 5.82. The van der Waals surface area contributed by atoms with Gasteiger partial charge in [0, 0.05) is 24.6 Å². The Morgan fingerprint density at radius 1 is 1.48 bits per heavy atom. The highest BCUT2D eigenvalue weighted by atomic mass is 35.5. The van der Waals surface area contributed by atoms with Crippen molar-refractivity contribution in [3.8, 4) is 5.75 Å². The number of carbonyl (C=O) groups excluding carboxylic acids is 1. The number of ether oxygens (including phenoxy) is 1. The molecule has 21 heavy (non-hydrogen) atoms. The average molecular weight is 313 g/mol. The van der Waals surface area contributed by atoms with Crippen LogP contribution >= 0.6 is 12.4 Å². The second-order valence-corrected chi connectivity index (χ2v) is 5.82. The van der Waals surface area contributed by atoms with Crippen LogP contribution in [0.2, 0.25) is 0 Å². The van der Waals surface area contributed by atoms with E-state index >= 15 is 0 Å². The van der Waals surface area contributed by atoms with Crippen LogP contribution in [0, 0.1) is 12.8 Å². The van der Waals surface area contributed by atoms with Crippen LogP contribution in [0.1, 0.15) is 37.3 Å². The van der Waals surface area contributed by atoms with E-state index in [1.54, 1.807) is 0 Å². The topological polar surface area (TPSA) is 64.4 Å². The molecule has 118 valence electrons. The van der Waals surface area contributed by atoms with Gasteiger partial charge in [-0.05, 0) is 44.2 Å². The van der Waals surface area contributed by atoms with Gasteiger partial charge in [-0.25, -0.2) is 0 Å². The molecule has 1 unspecified atom stereocenters. The number of halogens is 1. The monoisotopic (exact) mass is 312 g/mol. The molecule has 1 aromatic carbocycles. The molecule has 0 aromatic heterocycles. The van der Waals surface area contributed by atoms with E-state index in [-0.39, 0.29) is 24.4 Å². The van der Waals surface area contributed by atoms with Crippen LogP contribution in [-0.2, 0) is 11.3 Å². The third-order valence-electron chi connectivity index (χ3n) is 3.38. The van der Waals surface area contributed by atoms with Crippen LogP contribution < -0.4 is 15.8 Å². The van der Waals surface area contributed by atoms with Gasteiger partial charge in [0.25, 0.3) is 0 Å². The molecule has 1 aliphatic carbocycles. The van der Waals surface area contributed by atoms with Crippen LogP contribution in [0.4, 0.5) is 0 Å². The first-order valence-corrected chi connectivity index (χ1v) is 7.29. The zero-order valence-electron chi connectivity index (χ0n) is 12.7. The number of hydrogen-bond donors (Lipinski definition) is 2. The lowest BCUT2D eigenvalue weighted by Crippen LogP contribution is -2.29. The molecule has 0 aliphatic heterocycles. The van der Waals surface area contributed by atoms with E-state index in [4.69, 9.17) is 10.5 Å². The van der Waals surface area contributed by atoms with Gasteiger partial charge < -0.3 is 15.8 Å². The van der Waals surface area contributed by atoms with Crippen LogP contribution in [0.3, 0.4) is 0 Å². The van der Waals surface area contributed by atoms with Crippen molar-refractivity contribution in [2.75, 3.05) is 6.61 Å². The summed E-state index contributed by atoms with van der Waals surface area (Å²) in [4.78, 5) is 11.6. The summed E-state index contributed by atoms with van der Waals surface area (Å²) in [6.07, 6.45) is 2.89. The first-order valence-electron chi connectivity index (χ1n) is 7.29. The summed E-state index contributed by atoms with van der Waals surface area (Å²) in [6.45, 7) is 5.15. The highest BCUT2D eigenvalue weighted by Gasteiger charge is 2.22. The maximum absolute atomic E-state index is 11.6. The minimum Gasteiger partial charge on any atom is -0.493 e. The van der Waals surface area contributed by atoms with E-state index in [2.05, 4.69) is 5.32 Å². The van der Waals surface area contributed by atoms with Gasteiger partial charge in [0.05, 0.1) is 6.61 Å². The lowest BCUT2D eigenvalue weighted by Gasteiger charge is -2.13. The van der Waals surface area contributed by atoms with Crippen molar-refractivity contribution in [3.63, 3.8) is 0 Å². The van der Waals surface area contributed by atoms with Crippen LogP contribution in [0.5, 0.6) is 5.75 Å². The molecule has 0 heterocycles. The molecule has 2 rings (SSSR count). The molecular weight excluding hydrogens is 288 g/mol. The average Bonchev–Trinajstić information content (AvgIpc) is 3.18. The third-order valence-corrected chi connectivity index (χ3v) is 3.38. The zero-order chi connectivity index (χ0) is 14.5. The number of nitrogens with two attached hydrogens (primary N) is 1. The SMILES string of the molecule is Cc1ccc(CNC(=O)CC(C)N)c(OCC2CC2)c1.Cl. The van der Waals surface area contributed by atoms with E-state index in [1.807, 2.05) is 32.0 Å². The molecule has 3 N–H and O–H groups in total. The quantitative estimate of drug-likeness (QED) is 0.813. The predicted octanol–water partition coefficient (Wildman–Crippen LogP) is 2.56. The third kappa shape index (κ3) is 6.36.